The fourth-order valence-electron chi connectivity index (χ4n) is 4.26. The summed E-state index contributed by atoms with van der Waals surface area (Å²) in [6, 6.07) is 13.5. The van der Waals surface area contributed by atoms with Gasteiger partial charge in [0.1, 0.15) is 5.82 Å². The summed E-state index contributed by atoms with van der Waals surface area (Å²) in [7, 11) is 0. The molecule has 2 aromatic carbocycles. The molecule has 1 N–H and O–H groups in total. The predicted molar refractivity (Wildman–Crippen MR) is 103 cm³/mol. The molecule has 4 rings (SSSR count). The van der Waals surface area contributed by atoms with Gasteiger partial charge in [0.2, 0.25) is 0 Å². The Morgan fingerprint density at radius 2 is 1.63 bits per heavy atom. The Hall–Kier alpha value is -2.46. The Morgan fingerprint density at radius 3 is 2.26 bits per heavy atom. The van der Waals surface area contributed by atoms with Crippen molar-refractivity contribution in [2.24, 2.45) is 0 Å². The van der Waals surface area contributed by atoms with Crippen molar-refractivity contribution in [2.45, 2.75) is 50.8 Å². The number of amides is 1. The average Bonchev–Trinajstić information content (AvgIpc) is 2.95. The smallest absolute Gasteiger partial charge is 0.257 e. The van der Waals surface area contributed by atoms with Crippen molar-refractivity contribution < 1.29 is 14.3 Å². The largest absolute Gasteiger partial charge is 0.363 e. The van der Waals surface area contributed by atoms with E-state index in [9.17, 15) is 14.3 Å². The number of carbonyl (C=O) groups excluding carboxylic acids is 1. The zero-order chi connectivity index (χ0) is 19.0. The predicted octanol–water partition coefficient (Wildman–Crippen LogP) is 4.54. The highest BCUT2D eigenvalue weighted by atomic mass is 19.1. The van der Waals surface area contributed by atoms with Crippen LogP contribution in [-0.4, -0.2) is 22.0 Å². The third-order valence-electron chi connectivity index (χ3n) is 5.73. The lowest BCUT2D eigenvalue weighted by Crippen LogP contribution is -2.50. The van der Waals surface area contributed by atoms with E-state index in [1.165, 1.54) is 18.6 Å². The van der Waals surface area contributed by atoms with Crippen molar-refractivity contribution in [2.75, 3.05) is 0 Å². The zero-order valence-electron chi connectivity index (χ0n) is 15.5. The summed E-state index contributed by atoms with van der Waals surface area (Å²) in [6.45, 7) is 1.99. The fraction of sp³-hybridized carbons (Fsp3) is 0.348. The summed E-state index contributed by atoms with van der Waals surface area (Å²) >= 11 is 0. The van der Waals surface area contributed by atoms with Gasteiger partial charge < -0.3 is 5.11 Å². The molecule has 1 amide bonds. The molecule has 0 saturated heterocycles. The second-order valence-corrected chi connectivity index (χ2v) is 7.62. The van der Waals surface area contributed by atoms with E-state index in [-0.39, 0.29) is 17.8 Å². The number of hydrogen-bond donors (Lipinski definition) is 1. The van der Waals surface area contributed by atoms with Gasteiger partial charge in [-0.05, 0) is 43.5 Å². The Balaban J connectivity index is 1.80. The Morgan fingerprint density at radius 1 is 1.00 bits per heavy atom. The second kappa shape index (κ2) is 6.93. The molecule has 0 bridgehead atoms. The van der Waals surface area contributed by atoms with Gasteiger partial charge in [-0.2, -0.15) is 0 Å². The zero-order valence-corrected chi connectivity index (χ0v) is 15.5. The molecule has 1 saturated carbocycles. The topological polar surface area (TPSA) is 40.5 Å². The third kappa shape index (κ3) is 3.19. The first-order valence-corrected chi connectivity index (χ1v) is 9.61. The van der Waals surface area contributed by atoms with Crippen LogP contribution in [0.1, 0.15) is 48.8 Å². The van der Waals surface area contributed by atoms with E-state index in [0.717, 1.165) is 31.2 Å². The Labute approximate surface area is 159 Å². The molecule has 1 heterocycles. The molecule has 1 atom stereocenters. The molecular formula is C23H24FNO2. The van der Waals surface area contributed by atoms with E-state index in [2.05, 4.69) is 0 Å². The van der Waals surface area contributed by atoms with Crippen LogP contribution in [0.15, 0.2) is 54.6 Å². The van der Waals surface area contributed by atoms with Crippen LogP contribution in [0.2, 0.25) is 0 Å². The molecule has 140 valence electrons. The van der Waals surface area contributed by atoms with E-state index in [1.807, 2.05) is 31.2 Å². The quantitative estimate of drug-likeness (QED) is 0.868. The van der Waals surface area contributed by atoms with Gasteiger partial charge in [-0.25, -0.2) is 4.39 Å². The molecule has 1 aliphatic carbocycles. The molecule has 3 nitrogen and oxygen atoms in total. The highest BCUT2D eigenvalue weighted by Gasteiger charge is 2.48. The van der Waals surface area contributed by atoms with Gasteiger partial charge in [0.15, 0.2) is 5.72 Å². The fourth-order valence-corrected chi connectivity index (χ4v) is 4.26. The monoisotopic (exact) mass is 365 g/mol. The van der Waals surface area contributed by atoms with Crippen LogP contribution in [0.25, 0.3) is 5.57 Å². The number of halogens is 1. The molecule has 2 aliphatic rings. The number of nitrogens with zero attached hydrogens (tertiary/aromatic N) is 1. The van der Waals surface area contributed by atoms with Crippen LogP contribution in [0.3, 0.4) is 0 Å². The Kier molecular flexibility index (Phi) is 4.60. The lowest BCUT2D eigenvalue weighted by atomic mass is 9.91. The van der Waals surface area contributed by atoms with E-state index >= 15 is 0 Å². The molecule has 0 spiro atoms. The van der Waals surface area contributed by atoms with Crippen molar-refractivity contribution >= 4 is 11.5 Å². The van der Waals surface area contributed by atoms with Crippen molar-refractivity contribution in [3.05, 3.63) is 77.1 Å². The lowest BCUT2D eigenvalue weighted by molar-refractivity contribution is -0.150. The van der Waals surface area contributed by atoms with Crippen LogP contribution in [0.5, 0.6) is 0 Å². The van der Waals surface area contributed by atoms with Crippen LogP contribution < -0.4 is 0 Å². The second-order valence-electron chi connectivity index (χ2n) is 7.62. The molecule has 1 fully saturated rings. The summed E-state index contributed by atoms with van der Waals surface area (Å²) in [5, 5.41) is 11.7. The molecule has 0 radical (unpaired) electrons. The van der Waals surface area contributed by atoms with Crippen molar-refractivity contribution in [1.29, 1.82) is 0 Å². The van der Waals surface area contributed by atoms with E-state index in [1.54, 1.807) is 23.1 Å². The van der Waals surface area contributed by atoms with Crippen molar-refractivity contribution in [3.63, 3.8) is 0 Å². The van der Waals surface area contributed by atoms with E-state index < -0.39 is 5.72 Å². The number of aliphatic hydroxyl groups is 1. The maximum Gasteiger partial charge on any atom is 0.257 e. The van der Waals surface area contributed by atoms with Crippen LogP contribution in [0, 0.1) is 12.7 Å². The number of carbonyl (C=O) groups is 1. The van der Waals surface area contributed by atoms with Gasteiger partial charge >= 0.3 is 0 Å². The minimum atomic E-state index is -1.48. The molecule has 0 aromatic heterocycles. The van der Waals surface area contributed by atoms with Gasteiger partial charge in [0.25, 0.3) is 5.91 Å². The first kappa shape index (κ1) is 17.9. The molecule has 1 unspecified atom stereocenters. The number of benzene rings is 2. The van der Waals surface area contributed by atoms with Crippen LogP contribution in [-0.2, 0) is 10.5 Å². The Bertz CT molecular complexity index is 866. The summed E-state index contributed by atoms with van der Waals surface area (Å²) < 4.78 is 13.3. The third-order valence-corrected chi connectivity index (χ3v) is 5.73. The van der Waals surface area contributed by atoms with Gasteiger partial charge in [0, 0.05) is 17.2 Å². The minimum absolute atomic E-state index is 0.00625. The van der Waals surface area contributed by atoms with Gasteiger partial charge in [-0.1, -0.05) is 61.2 Å². The van der Waals surface area contributed by atoms with Crippen LogP contribution >= 0.6 is 0 Å². The number of aryl methyl sites for hydroxylation is 1. The van der Waals surface area contributed by atoms with E-state index in [0.29, 0.717) is 16.7 Å². The maximum absolute atomic E-state index is 13.3. The maximum atomic E-state index is 13.3. The van der Waals surface area contributed by atoms with Crippen molar-refractivity contribution in [3.8, 4) is 0 Å². The summed E-state index contributed by atoms with van der Waals surface area (Å²) in [5.74, 6) is -0.528. The number of hydrogen-bond acceptors (Lipinski definition) is 2. The molecular weight excluding hydrogens is 341 g/mol. The molecule has 1 aliphatic heterocycles. The average molecular weight is 365 g/mol. The van der Waals surface area contributed by atoms with Gasteiger partial charge in [-0.3, -0.25) is 9.69 Å². The lowest BCUT2D eigenvalue weighted by Gasteiger charge is -2.41. The first-order chi connectivity index (χ1) is 13.0. The normalized spacial score (nSPS) is 23.6. The summed E-state index contributed by atoms with van der Waals surface area (Å²) in [5.41, 5.74) is 1.37. The van der Waals surface area contributed by atoms with Gasteiger partial charge in [-0.15, -0.1) is 0 Å². The van der Waals surface area contributed by atoms with Crippen molar-refractivity contribution in [1.82, 2.24) is 4.90 Å². The van der Waals surface area contributed by atoms with Crippen LogP contribution in [0.4, 0.5) is 4.39 Å². The molecule has 27 heavy (non-hydrogen) atoms. The highest BCUT2D eigenvalue weighted by Crippen LogP contribution is 2.43. The highest BCUT2D eigenvalue weighted by molar-refractivity contribution is 6.22. The SMILES string of the molecule is Cc1ccc(C2(O)C=C(c3ccc(F)cc3)C(=O)N2C2CCCCC2)cc1. The molecule has 2 aromatic rings. The summed E-state index contributed by atoms with van der Waals surface area (Å²) in [6.07, 6.45) is 6.71. The van der Waals surface area contributed by atoms with Gasteiger partial charge in [0.05, 0.1) is 0 Å². The first-order valence-electron chi connectivity index (χ1n) is 9.61. The standard InChI is InChI=1S/C23H24FNO2/c1-16-7-11-18(12-8-16)23(27)15-21(17-9-13-19(24)14-10-17)22(26)25(23)20-5-3-2-4-6-20/h7-15,20,27H,2-6H2,1H3. The number of rotatable bonds is 3. The van der Waals surface area contributed by atoms with E-state index in [4.69, 9.17) is 0 Å². The molecule has 4 heteroatoms. The summed E-state index contributed by atoms with van der Waals surface area (Å²) in [4.78, 5) is 15.0. The minimum Gasteiger partial charge on any atom is -0.363 e.